The van der Waals surface area contributed by atoms with Crippen LogP contribution in [0.3, 0.4) is 0 Å². The van der Waals surface area contributed by atoms with Crippen LogP contribution in [0.25, 0.3) is 0 Å². The van der Waals surface area contributed by atoms with E-state index < -0.39 is 0 Å². The van der Waals surface area contributed by atoms with Gasteiger partial charge >= 0.3 is 0 Å². The van der Waals surface area contributed by atoms with Crippen molar-refractivity contribution < 1.29 is 0 Å². The normalized spacial score (nSPS) is 19.9. The first-order valence-corrected chi connectivity index (χ1v) is 3.03. The molecule has 44 valence electrons. The maximum atomic E-state index is 4.14. The van der Waals surface area contributed by atoms with E-state index in [1.807, 2.05) is 6.21 Å². The monoisotopic (exact) mass is 109 g/mol. The number of nitrogens with zero attached hydrogens (tertiary/aromatic N) is 1. The zero-order valence-electron chi connectivity index (χ0n) is 5.22. The van der Waals surface area contributed by atoms with E-state index in [2.05, 4.69) is 18.0 Å². The molecule has 1 rings (SSSR count). The molecule has 0 bridgehead atoms. The first-order valence-electron chi connectivity index (χ1n) is 3.03. The van der Waals surface area contributed by atoms with Crippen LogP contribution in [-0.2, 0) is 0 Å². The van der Waals surface area contributed by atoms with Crippen LogP contribution < -0.4 is 0 Å². The van der Waals surface area contributed by atoms with Gasteiger partial charge in [-0.1, -0.05) is 11.6 Å². The Hall–Kier alpha value is -0.590. The Morgan fingerprint density at radius 2 is 2.50 bits per heavy atom. The van der Waals surface area contributed by atoms with Crippen molar-refractivity contribution in [3.05, 3.63) is 11.6 Å². The van der Waals surface area contributed by atoms with Gasteiger partial charge in [0.25, 0.3) is 0 Å². The molecule has 0 unspecified atom stereocenters. The molecule has 0 amide bonds. The zero-order valence-corrected chi connectivity index (χ0v) is 5.22. The van der Waals surface area contributed by atoms with Crippen LogP contribution in [0.5, 0.6) is 0 Å². The van der Waals surface area contributed by atoms with Crippen LogP contribution in [0.15, 0.2) is 16.6 Å². The molecule has 0 aromatic carbocycles. The fraction of sp³-hybridized carbons (Fsp3) is 0.571. The third kappa shape index (κ3) is 1.49. The SMILES string of the molecule is CC1=CCCN=CC1. The van der Waals surface area contributed by atoms with E-state index in [9.17, 15) is 0 Å². The van der Waals surface area contributed by atoms with E-state index in [0.717, 1.165) is 19.4 Å². The van der Waals surface area contributed by atoms with Crippen molar-refractivity contribution in [3.8, 4) is 0 Å². The van der Waals surface area contributed by atoms with Gasteiger partial charge in [0, 0.05) is 19.2 Å². The third-order valence-corrected chi connectivity index (χ3v) is 1.29. The predicted molar refractivity (Wildman–Crippen MR) is 36.4 cm³/mol. The Labute approximate surface area is 50.1 Å². The van der Waals surface area contributed by atoms with E-state index in [1.54, 1.807) is 0 Å². The topological polar surface area (TPSA) is 12.4 Å². The second-order valence-electron chi connectivity index (χ2n) is 2.13. The van der Waals surface area contributed by atoms with Crippen molar-refractivity contribution in [1.29, 1.82) is 0 Å². The second kappa shape index (κ2) is 2.65. The van der Waals surface area contributed by atoms with Crippen molar-refractivity contribution >= 4 is 6.21 Å². The van der Waals surface area contributed by atoms with Crippen LogP contribution in [0.4, 0.5) is 0 Å². The van der Waals surface area contributed by atoms with Crippen molar-refractivity contribution in [3.63, 3.8) is 0 Å². The highest BCUT2D eigenvalue weighted by molar-refractivity contribution is 5.61. The molecular weight excluding hydrogens is 98.1 g/mol. The predicted octanol–water partition coefficient (Wildman–Crippen LogP) is 1.80. The van der Waals surface area contributed by atoms with Gasteiger partial charge in [-0.15, -0.1) is 0 Å². The van der Waals surface area contributed by atoms with Gasteiger partial charge in [0.15, 0.2) is 0 Å². The molecular formula is C7H11N. The molecule has 8 heavy (non-hydrogen) atoms. The molecule has 0 N–H and O–H groups in total. The summed E-state index contributed by atoms with van der Waals surface area (Å²) in [4.78, 5) is 4.14. The van der Waals surface area contributed by atoms with Gasteiger partial charge in [0.05, 0.1) is 0 Å². The molecule has 0 aliphatic carbocycles. The highest BCUT2D eigenvalue weighted by Gasteiger charge is 1.89. The summed E-state index contributed by atoms with van der Waals surface area (Å²) in [6.07, 6.45) is 6.44. The van der Waals surface area contributed by atoms with Crippen molar-refractivity contribution in [2.75, 3.05) is 6.54 Å². The van der Waals surface area contributed by atoms with Crippen molar-refractivity contribution in [2.24, 2.45) is 4.99 Å². The molecule has 1 heteroatoms. The van der Waals surface area contributed by atoms with Crippen molar-refractivity contribution in [1.82, 2.24) is 0 Å². The highest BCUT2D eigenvalue weighted by atomic mass is 14.7. The quantitative estimate of drug-likeness (QED) is 0.420. The Bertz CT molecular complexity index is 122. The Morgan fingerprint density at radius 3 is 3.38 bits per heavy atom. The number of rotatable bonds is 0. The minimum absolute atomic E-state index is 0.983. The maximum Gasteiger partial charge on any atom is 0.0420 e. The molecule has 0 fully saturated rings. The molecule has 0 saturated carbocycles. The van der Waals surface area contributed by atoms with E-state index >= 15 is 0 Å². The Kier molecular flexibility index (Phi) is 1.84. The molecule has 0 spiro atoms. The maximum absolute atomic E-state index is 4.14. The highest BCUT2D eigenvalue weighted by Crippen LogP contribution is 2.02. The Morgan fingerprint density at radius 1 is 1.62 bits per heavy atom. The number of hydrogen-bond donors (Lipinski definition) is 0. The lowest BCUT2D eigenvalue weighted by Gasteiger charge is -1.86. The largest absolute Gasteiger partial charge is 0.297 e. The molecule has 1 heterocycles. The van der Waals surface area contributed by atoms with Crippen LogP contribution in [0.2, 0.25) is 0 Å². The van der Waals surface area contributed by atoms with Gasteiger partial charge in [-0.05, 0) is 13.3 Å². The lowest BCUT2D eigenvalue weighted by Crippen LogP contribution is -1.73. The minimum Gasteiger partial charge on any atom is -0.297 e. The summed E-state index contributed by atoms with van der Waals surface area (Å²) in [7, 11) is 0. The van der Waals surface area contributed by atoms with Gasteiger partial charge in [-0.3, -0.25) is 4.99 Å². The van der Waals surface area contributed by atoms with E-state index in [4.69, 9.17) is 0 Å². The van der Waals surface area contributed by atoms with Gasteiger partial charge in [-0.2, -0.15) is 0 Å². The smallest absolute Gasteiger partial charge is 0.0420 e. The van der Waals surface area contributed by atoms with Gasteiger partial charge in [0.2, 0.25) is 0 Å². The summed E-state index contributed by atoms with van der Waals surface area (Å²) < 4.78 is 0. The Balaban J connectivity index is 2.51. The molecule has 0 radical (unpaired) electrons. The third-order valence-electron chi connectivity index (χ3n) is 1.29. The van der Waals surface area contributed by atoms with E-state index in [0.29, 0.717) is 0 Å². The summed E-state index contributed by atoms with van der Waals surface area (Å²) in [6.45, 7) is 3.13. The van der Waals surface area contributed by atoms with E-state index in [1.165, 1.54) is 5.57 Å². The first kappa shape index (κ1) is 5.54. The lowest BCUT2D eigenvalue weighted by molar-refractivity contribution is 1.01. The molecule has 1 aliphatic rings. The van der Waals surface area contributed by atoms with Crippen LogP contribution >= 0.6 is 0 Å². The van der Waals surface area contributed by atoms with Crippen LogP contribution in [0.1, 0.15) is 19.8 Å². The van der Waals surface area contributed by atoms with Gasteiger partial charge < -0.3 is 0 Å². The lowest BCUT2D eigenvalue weighted by atomic mass is 10.2. The average molecular weight is 109 g/mol. The molecule has 0 aromatic heterocycles. The average Bonchev–Trinajstić information content (AvgIpc) is 1.94. The second-order valence-corrected chi connectivity index (χ2v) is 2.13. The standard InChI is InChI=1S/C7H11N/c1-7-3-2-5-8-6-4-7/h3,6H,2,4-5H2,1H3. The minimum atomic E-state index is 0.983. The summed E-state index contributed by atoms with van der Waals surface area (Å²) in [5.74, 6) is 0. The number of allylic oxidation sites excluding steroid dienone is 1. The fourth-order valence-electron chi connectivity index (χ4n) is 0.769. The number of aliphatic imine (C=N–C) groups is 1. The molecule has 0 aromatic rings. The first-order chi connectivity index (χ1) is 3.89. The molecule has 1 aliphatic heterocycles. The fourth-order valence-corrected chi connectivity index (χ4v) is 0.769. The van der Waals surface area contributed by atoms with Gasteiger partial charge in [-0.25, -0.2) is 0 Å². The summed E-state index contributed by atoms with van der Waals surface area (Å²) in [5.41, 5.74) is 1.45. The van der Waals surface area contributed by atoms with E-state index in [-0.39, 0.29) is 0 Å². The molecule has 0 saturated heterocycles. The summed E-state index contributed by atoms with van der Waals surface area (Å²) in [5, 5.41) is 0. The van der Waals surface area contributed by atoms with Crippen molar-refractivity contribution in [2.45, 2.75) is 19.8 Å². The zero-order chi connectivity index (χ0) is 5.82. The summed E-state index contributed by atoms with van der Waals surface area (Å²) in [6, 6.07) is 0. The molecule has 0 atom stereocenters. The van der Waals surface area contributed by atoms with Gasteiger partial charge in [0.1, 0.15) is 0 Å². The van der Waals surface area contributed by atoms with Crippen LogP contribution in [0, 0.1) is 0 Å². The number of hydrogen-bond acceptors (Lipinski definition) is 1. The summed E-state index contributed by atoms with van der Waals surface area (Å²) >= 11 is 0. The van der Waals surface area contributed by atoms with Crippen LogP contribution in [-0.4, -0.2) is 12.8 Å². The molecule has 1 nitrogen and oxygen atoms in total.